The second kappa shape index (κ2) is 11.6. The van der Waals surface area contributed by atoms with E-state index in [1.807, 2.05) is 0 Å². The number of nitrogens with zero attached hydrogens (tertiary/aromatic N) is 1. The quantitative estimate of drug-likeness (QED) is 0.305. The Labute approximate surface area is 143 Å². The number of carboxylic acid groups (broad SMARTS) is 1. The van der Waals surface area contributed by atoms with E-state index in [1.165, 1.54) is 4.90 Å². The zero-order chi connectivity index (χ0) is 17.8. The van der Waals surface area contributed by atoms with Gasteiger partial charge in [0.15, 0.2) is 0 Å². The lowest BCUT2D eigenvalue weighted by atomic mass is 10.1. The lowest BCUT2D eigenvalue weighted by molar-refractivity contribution is -0.137. The van der Waals surface area contributed by atoms with Gasteiger partial charge in [-0.05, 0) is 25.3 Å². The van der Waals surface area contributed by atoms with Crippen LogP contribution in [-0.4, -0.2) is 47.7 Å². The average Bonchev–Trinajstić information content (AvgIpc) is 2.80. The summed E-state index contributed by atoms with van der Waals surface area (Å²) >= 11 is 0. The number of urea groups is 1. The summed E-state index contributed by atoms with van der Waals surface area (Å²) in [5.74, 6) is -1.17. The number of amides is 3. The Balaban J connectivity index is 2.32. The molecule has 0 atom stereocenters. The van der Waals surface area contributed by atoms with E-state index in [-0.39, 0.29) is 12.3 Å². The highest BCUT2D eigenvalue weighted by Gasteiger charge is 2.32. The largest absolute Gasteiger partial charge is 0.481 e. The summed E-state index contributed by atoms with van der Waals surface area (Å²) in [5.41, 5.74) is 0.348. The number of ether oxygens (including phenoxy) is 1. The molecule has 2 N–H and O–H groups in total. The number of nitrogens with one attached hydrogen (secondary N) is 1. The third-order valence-electron chi connectivity index (χ3n) is 3.80. The van der Waals surface area contributed by atoms with Gasteiger partial charge in [-0.1, -0.05) is 32.6 Å². The molecule has 0 aromatic carbocycles. The number of carbonyl (C=O) groups excluding carboxylic acids is 2. The monoisotopic (exact) mass is 340 g/mol. The molecule has 0 aromatic rings. The molecule has 24 heavy (non-hydrogen) atoms. The van der Waals surface area contributed by atoms with E-state index >= 15 is 0 Å². The Bertz CT molecular complexity index is 462. The lowest BCUT2D eigenvalue weighted by Crippen LogP contribution is -2.28. The fraction of sp³-hybridized carbons (Fsp3) is 0.706. The first-order chi connectivity index (χ1) is 11.6. The first kappa shape index (κ1) is 20.2. The average molecular weight is 340 g/mol. The van der Waals surface area contributed by atoms with Crippen LogP contribution in [0.3, 0.4) is 0 Å². The Morgan fingerprint density at radius 2 is 1.92 bits per heavy atom. The summed E-state index contributed by atoms with van der Waals surface area (Å²) < 4.78 is 5.46. The summed E-state index contributed by atoms with van der Waals surface area (Å²) in [7, 11) is 0. The molecule has 0 unspecified atom stereocenters. The van der Waals surface area contributed by atoms with Crippen LogP contribution in [-0.2, 0) is 14.3 Å². The Hall–Kier alpha value is -1.89. The molecule has 7 nitrogen and oxygen atoms in total. The predicted octanol–water partition coefficient (Wildman–Crippen LogP) is 2.66. The Morgan fingerprint density at radius 1 is 1.17 bits per heavy atom. The van der Waals surface area contributed by atoms with Crippen LogP contribution in [0.15, 0.2) is 11.8 Å². The van der Waals surface area contributed by atoms with Crippen molar-refractivity contribution in [1.82, 2.24) is 10.2 Å². The third-order valence-corrected chi connectivity index (χ3v) is 3.80. The maximum Gasteiger partial charge on any atom is 0.328 e. The molecule has 1 rings (SSSR count). The molecule has 0 saturated carbocycles. The number of rotatable bonds is 13. The molecule has 0 spiro atoms. The van der Waals surface area contributed by atoms with Crippen molar-refractivity contribution >= 4 is 17.9 Å². The molecule has 1 saturated heterocycles. The molecule has 1 fully saturated rings. The van der Waals surface area contributed by atoms with Crippen LogP contribution in [0.5, 0.6) is 0 Å². The van der Waals surface area contributed by atoms with Gasteiger partial charge in [0.2, 0.25) is 0 Å². The van der Waals surface area contributed by atoms with Crippen LogP contribution in [0.4, 0.5) is 4.79 Å². The van der Waals surface area contributed by atoms with Crippen molar-refractivity contribution < 1.29 is 24.2 Å². The summed E-state index contributed by atoms with van der Waals surface area (Å²) in [4.78, 5) is 35.5. The van der Waals surface area contributed by atoms with Gasteiger partial charge in [-0.2, -0.15) is 0 Å². The number of hydrogen-bond donors (Lipinski definition) is 2. The van der Waals surface area contributed by atoms with Crippen molar-refractivity contribution in [2.45, 2.75) is 58.3 Å². The maximum atomic E-state index is 11.8. The van der Waals surface area contributed by atoms with Crippen molar-refractivity contribution in [2.75, 3.05) is 19.8 Å². The number of hydrogen-bond acceptors (Lipinski definition) is 4. The topological polar surface area (TPSA) is 95.9 Å². The zero-order valence-electron chi connectivity index (χ0n) is 14.4. The zero-order valence-corrected chi connectivity index (χ0v) is 14.4. The highest BCUT2D eigenvalue weighted by molar-refractivity contribution is 6.11. The van der Waals surface area contributed by atoms with Gasteiger partial charge in [0, 0.05) is 19.6 Å². The van der Waals surface area contributed by atoms with E-state index in [1.54, 1.807) is 6.08 Å². The van der Waals surface area contributed by atoms with Gasteiger partial charge in [-0.3, -0.25) is 19.8 Å². The summed E-state index contributed by atoms with van der Waals surface area (Å²) in [6.07, 6.45) is 8.04. The molecule has 1 heterocycles. The summed E-state index contributed by atoms with van der Waals surface area (Å²) in [5, 5.41) is 10.9. The van der Waals surface area contributed by atoms with Gasteiger partial charge in [-0.15, -0.1) is 0 Å². The molecule has 1 aliphatic rings. The van der Waals surface area contributed by atoms with Crippen molar-refractivity contribution in [2.24, 2.45) is 0 Å². The fourth-order valence-corrected chi connectivity index (χ4v) is 2.46. The molecular formula is C17H28N2O5. The molecule has 7 heteroatoms. The molecule has 0 aliphatic carbocycles. The van der Waals surface area contributed by atoms with Gasteiger partial charge in [-0.25, -0.2) is 4.79 Å². The van der Waals surface area contributed by atoms with Crippen molar-refractivity contribution in [1.29, 1.82) is 0 Å². The minimum absolute atomic E-state index is 0.170. The maximum absolute atomic E-state index is 11.8. The highest BCUT2D eigenvalue weighted by atomic mass is 16.5. The van der Waals surface area contributed by atoms with Crippen LogP contribution in [0.25, 0.3) is 0 Å². The molecule has 0 radical (unpaired) electrons. The van der Waals surface area contributed by atoms with Crippen molar-refractivity contribution in [3.8, 4) is 0 Å². The van der Waals surface area contributed by atoms with Crippen LogP contribution in [0, 0.1) is 0 Å². The second-order valence-corrected chi connectivity index (χ2v) is 5.84. The SMILES string of the molecule is CCCCCOC/C=C1\C(=O)NC(=O)N1CCCCCCC(=O)O. The van der Waals surface area contributed by atoms with Gasteiger partial charge < -0.3 is 9.84 Å². The van der Waals surface area contributed by atoms with Gasteiger partial charge in [0.05, 0.1) is 6.61 Å². The highest BCUT2D eigenvalue weighted by Crippen LogP contribution is 2.15. The third kappa shape index (κ3) is 7.59. The standard InChI is InChI=1S/C17H28N2O5/c1-2-3-8-12-24-13-10-14-16(22)18-17(23)19(14)11-7-5-4-6-9-15(20)21/h10H,2-9,11-13H2,1H3,(H,20,21)(H,18,22,23)/b14-10+. The normalized spacial score (nSPS) is 16.0. The van der Waals surface area contributed by atoms with E-state index in [2.05, 4.69) is 12.2 Å². The van der Waals surface area contributed by atoms with Crippen LogP contribution in [0.2, 0.25) is 0 Å². The Morgan fingerprint density at radius 3 is 2.62 bits per heavy atom. The van der Waals surface area contributed by atoms with Crippen LogP contribution < -0.4 is 5.32 Å². The van der Waals surface area contributed by atoms with E-state index in [9.17, 15) is 14.4 Å². The molecule has 0 aromatic heterocycles. The number of carboxylic acids is 1. The molecule has 3 amide bonds. The molecular weight excluding hydrogens is 312 g/mol. The first-order valence-electron chi connectivity index (χ1n) is 8.68. The molecule has 136 valence electrons. The predicted molar refractivity (Wildman–Crippen MR) is 89.4 cm³/mol. The molecule has 1 aliphatic heterocycles. The van der Waals surface area contributed by atoms with Crippen LogP contribution >= 0.6 is 0 Å². The van der Waals surface area contributed by atoms with Gasteiger partial charge in [0.25, 0.3) is 5.91 Å². The second-order valence-electron chi connectivity index (χ2n) is 5.84. The summed E-state index contributed by atoms with van der Waals surface area (Å²) in [6, 6.07) is -0.400. The van der Waals surface area contributed by atoms with E-state index in [4.69, 9.17) is 9.84 Å². The first-order valence-corrected chi connectivity index (χ1v) is 8.68. The number of aliphatic carboxylic acids is 1. The van der Waals surface area contributed by atoms with Gasteiger partial charge >= 0.3 is 12.0 Å². The summed E-state index contributed by atoms with van der Waals surface area (Å²) in [6.45, 7) is 3.54. The smallest absolute Gasteiger partial charge is 0.328 e. The lowest BCUT2D eigenvalue weighted by Gasteiger charge is -2.15. The van der Waals surface area contributed by atoms with E-state index < -0.39 is 12.0 Å². The van der Waals surface area contributed by atoms with Gasteiger partial charge in [0.1, 0.15) is 5.70 Å². The number of carbonyl (C=O) groups is 3. The number of imide groups is 1. The molecule has 0 bridgehead atoms. The minimum atomic E-state index is -0.788. The fourth-order valence-electron chi connectivity index (χ4n) is 2.46. The number of unbranched alkanes of at least 4 members (excludes halogenated alkanes) is 5. The van der Waals surface area contributed by atoms with E-state index in [0.29, 0.717) is 31.9 Å². The Kier molecular flexibility index (Phi) is 9.76. The van der Waals surface area contributed by atoms with E-state index in [0.717, 1.165) is 38.5 Å². The van der Waals surface area contributed by atoms with Crippen LogP contribution in [0.1, 0.15) is 58.3 Å². The minimum Gasteiger partial charge on any atom is -0.481 e. The van der Waals surface area contributed by atoms with Crippen molar-refractivity contribution in [3.05, 3.63) is 11.8 Å². The van der Waals surface area contributed by atoms with Crippen molar-refractivity contribution in [3.63, 3.8) is 0 Å².